The minimum Gasteiger partial charge on any atom is -0.346 e. The maximum atomic E-state index is 5.18. The van der Waals surface area contributed by atoms with Crippen molar-refractivity contribution in [3.63, 3.8) is 0 Å². The smallest absolute Gasteiger partial charge is 0.103 e. The van der Waals surface area contributed by atoms with Gasteiger partial charge in [0.15, 0.2) is 0 Å². The number of benzene rings is 3. The summed E-state index contributed by atoms with van der Waals surface area (Å²) >= 11 is 0. The van der Waals surface area contributed by atoms with Gasteiger partial charge in [-0.15, -0.1) is 0 Å². The molecule has 0 radical (unpaired) electrons. The Morgan fingerprint density at radius 2 is 1.13 bits per heavy atom. The Kier molecular flexibility index (Phi) is 5.82. The molecule has 3 aromatic carbocycles. The molecule has 0 amide bonds. The van der Waals surface area contributed by atoms with Gasteiger partial charge in [0.05, 0.1) is 11.1 Å². The van der Waals surface area contributed by atoms with E-state index in [1.165, 1.54) is 22.4 Å². The molecule has 0 saturated carbocycles. The van der Waals surface area contributed by atoms with Crippen molar-refractivity contribution in [2.45, 2.75) is 46.0 Å². The van der Waals surface area contributed by atoms with Crippen LogP contribution in [-0.4, -0.2) is 9.97 Å². The maximum absolute atomic E-state index is 5.18. The number of imidazole rings is 1. The van der Waals surface area contributed by atoms with Crippen LogP contribution in [0.25, 0.3) is 0 Å². The van der Waals surface area contributed by atoms with Crippen molar-refractivity contribution in [2.24, 2.45) is 5.41 Å². The van der Waals surface area contributed by atoms with Gasteiger partial charge in [0.1, 0.15) is 5.82 Å². The Morgan fingerprint density at radius 1 is 0.710 bits per heavy atom. The van der Waals surface area contributed by atoms with Gasteiger partial charge < -0.3 is 4.98 Å². The molecule has 0 aliphatic rings. The molecular formula is C29H32N2. The molecule has 0 spiro atoms. The van der Waals surface area contributed by atoms with E-state index >= 15 is 0 Å². The molecule has 0 aliphatic carbocycles. The quantitative estimate of drug-likeness (QED) is 0.325. The first-order valence-electron chi connectivity index (χ1n) is 11.2. The first kappa shape index (κ1) is 21.1. The minimum atomic E-state index is -0.492. The second kappa shape index (κ2) is 8.55. The first-order chi connectivity index (χ1) is 15.0. The summed E-state index contributed by atoms with van der Waals surface area (Å²) in [5, 5.41) is 0. The van der Waals surface area contributed by atoms with Gasteiger partial charge in [0.2, 0.25) is 0 Å². The molecule has 2 heteroatoms. The predicted octanol–water partition coefficient (Wildman–Crippen LogP) is 7.08. The lowest BCUT2D eigenvalue weighted by Crippen LogP contribution is -2.33. The Labute approximate surface area is 186 Å². The van der Waals surface area contributed by atoms with E-state index in [1.807, 2.05) is 0 Å². The fraction of sp³-hybridized carbons (Fsp3) is 0.276. The van der Waals surface area contributed by atoms with Crippen LogP contribution in [0.4, 0.5) is 0 Å². The number of aromatic amines is 1. The van der Waals surface area contributed by atoms with Crippen LogP contribution in [0, 0.1) is 12.3 Å². The molecule has 4 rings (SSSR count). The highest BCUT2D eigenvalue weighted by Gasteiger charge is 2.42. The van der Waals surface area contributed by atoms with Gasteiger partial charge in [-0.1, -0.05) is 118 Å². The number of nitrogens with zero attached hydrogens (tertiary/aromatic N) is 1. The molecule has 1 aromatic heterocycles. The molecule has 1 N–H and O–H groups in total. The SMILES string of the molecule is CCC(C)(C)Cc1[nH]c(C)nc1C(c1ccccc1)(c1ccccc1)c1ccccc1. The van der Waals surface area contributed by atoms with Crippen molar-refractivity contribution < 1.29 is 0 Å². The summed E-state index contributed by atoms with van der Waals surface area (Å²) in [4.78, 5) is 8.81. The van der Waals surface area contributed by atoms with Gasteiger partial charge in [-0.25, -0.2) is 4.98 Å². The molecule has 2 nitrogen and oxygen atoms in total. The van der Waals surface area contributed by atoms with Crippen molar-refractivity contribution >= 4 is 0 Å². The van der Waals surface area contributed by atoms with Gasteiger partial charge in [-0.3, -0.25) is 0 Å². The molecule has 158 valence electrons. The molecule has 0 aliphatic heterocycles. The molecule has 0 saturated heterocycles. The second-order valence-electron chi connectivity index (χ2n) is 9.19. The lowest BCUT2D eigenvalue weighted by molar-refractivity contribution is 0.344. The van der Waals surface area contributed by atoms with Crippen molar-refractivity contribution in [2.75, 3.05) is 0 Å². The number of hydrogen-bond donors (Lipinski definition) is 1. The molecule has 0 atom stereocenters. The van der Waals surface area contributed by atoms with E-state index in [2.05, 4.69) is 124 Å². The third kappa shape index (κ3) is 3.95. The van der Waals surface area contributed by atoms with Gasteiger partial charge in [-0.2, -0.15) is 0 Å². The van der Waals surface area contributed by atoms with E-state index in [9.17, 15) is 0 Å². The van der Waals surface area contributed by atoms with Gasteiger partial charge in [0.25, 0.3) is 0 Å². The van der Waals surface area contributed by atoms with Crippen LogP contribution in [0.5, 0.6) is 0 Å². The van der Waals surface area contributed by atoms with Crippen molar-refractivity contribution in [1.82, 2.24) is 9.97 Å². The summed E-state index contributed by atoms with van der Waals surface area (Å²) in [5.74, 6) is 0.962. The summed E-state index contributed by atoms with van der Waals surface area (Å²) in [7, 11) is 0. The van der Waals surface area contributed by atoms with Crippen LogP contribution >= 0.6 is 0 Å². The third-order valence-corrected chi connectivity index (χ3v) is 6.49. The topological polar surface area (TPSA) is 28.7 Å². The summed E-state index contributed by atoms with van der Waals surface area (Å²) in [6.45, 7) is 9.00. The zero-order valence-electron chi connectivity index (χ0n) is 19.0. The van der Waals surface area contributed by atoms with Gasteiger partial charge in [0, 0.05) is 5.69 Å². The molecular weight excluding hydrogens is 376 g/mol. The molecule has 0 unspecified atom stereocenters. The van der Waals surface area contributed by atoms with Crippen LogP contribution in [0.1, 0.15) is 61.1 Å². The summed E-state index contributed by atoms with van der Waals surface area (Å²) in [5.41, 5.74) is 5.71. The van der Waals surface area contributed by atoms with Crippen LogP contribution in [0.15, 0.2) is 91.0 Å². The van der Waals surface area contributed by atoms with Crippen molar-refractivity contribution in [1.29, 1.82) is 0 Å². The molecule has 0 bridgehead atoms. The van der Waals surface area contributed by atoms with Crippen LogP contribution in [0.3, 0.4) is 0 Å². The highest BCUT2D eigenvalue weighted by molar-refractivity contribution is 5.59. The van der Waals surface area contributed by atoms with Crippen molar-refractivity contribution in [3.05, 3.63) is 125 Å². The third-order valence-electron chi connectivity index (χ3n) is 6.49. The van der Waals surface area contributed by atoms with Crippen LogP contribution in [0.2, 0.25) is 0 Å². The van der Waals surface area contributed by atoms with Gasteiger partial charge in [-0.05, 0) is 35.4 Å². The number of H-pyrrole nitrogens is 1. The van der Waals surface area contributed by atoms with E-state index < -0.39 is 5.41 Å². The van der Waals surface area contributed by atoms with E-state index in [4.69, 9.17) is 4.98 Å². The normalized spacial score (nSPS) is 12.1. The number of aromatic nitrogens is 2. The van der Waals surface area contributed by atoms with E-state index in [1.54, 1.807) is 0 Å². The van der Waals surface area contributed by atoms with E-state index in [0.717, 1.165) is 24.4 Å². The molecule has 4 aromatic rings. The Bertz CT molecular complexity index is 1010. The lowest BCUT2D eigenvalue weighted by atomic mass is 9.66. The predicted molar refractivity (Wildman–Crippen MR) is 129 cm³/mol. The average molecular weight is 409 g/mol. The molecule has 0 fully saturated rings. The summed E-state index contributed by atoms with van der Waals surface area (Å²) in [6.07, 6.45) is 2.06. The largest absolute Gasteiger partial charge is 0.346 e. The Hall–Kier alpha value is -3.13. The zero-order chi connectivity index (χ0) is 21.9. The second-order valence-corrected chi connectivity index (χ2v) is 9.19. The number of hydrogen-bond acceptors (Lipinski definition) is 1. The van der Waals surface area contributed by atoms with E-state index in [0.29, 0.717) is 0 Å². The molecule has 31 heavy (non-hydrogen) atoms. The number of nitrogens with one attached hydrogen (secondary N) is 1. The van der Waals surface area contributed by atoms with Crippen LogP contribution in [-0.2, 0) is 11.8 Å². The Morgan fingerprint density at radius 3 is 1.52 bits per heavy atom. The van der Waals surface area contributed by atoms with Crippen LogP contribution < -0.4 is 0 Å². The minimum absolute atomic E-state index is 0.184. The average Bonchev–Trinajstić information content (AvgIpc) is 3.16. The number of aryl methyl sites for hydroxylation is 1. The van der Waals surface area contributed by atoms with Crippen molar-refractivity contribution in [3.8, 4) is 0 Å². The highest BCUT2D eigenvalue weighted by atomic mass is 14.9. The Balaban J connectivity index is 2.10. The van der Waals surface area contributed by atoms with Gasteiger partial charge >= 0.3 is 0 Å². The zero-order valence-corrected chi connectivity index (χ0v) is 19.0. The maximum Gasteiger partial charge on any atom is 0.103 e. The number of rotatable bonds is 7. The summed E-state index contributed by atoms with van der Waals surface area (Å²) in [6, 6.07) is 32.4. The fourth-order valence-corrected chi connectivity index (χ4v) is 4.56. The summed E-state index contributed by atoms with van der Waals surface area (Å²) < 4.78 is 0. The fourth-order valence-electron chi connectivity index (χ4n) is 4.56. The molecule has 1 heterocycles. The van der Waals surface area contributed by atoms with E-state index in [-0.39, 0.29) is 5.41 Å². The monoisotopic (exact) mass is 408 g/mol. The lowest BCUT2D eigenvalue weighted by Gasteiger charge is -2.36. The standard InChI is InChI=1S/C29H32N2/c1-5-28(3,4)21-26-27(31-22(2)30-26)29(23-15-9-6-10-16-23,24-17-11-7-12-18-24)25-19-13-8-14-20-25/h6-20H,5,21H2,1-4H3,(H,30,31). The first-order valence-corrected chi connectivity index (χ1v) is 11.2. The highest BCUT2D eigenvalue weighted by Crippen LogP contribution is 2.46.